The van der Waals surface area contributed by atoms with Gasteiger partial charge in [-0.2, -0.15) is 0 Å². The third kappa shape index (κ3) is 3.68. The summed E-state index contributed by atoms with van der Waals surface area (Å²) in [5, 5.41) is 4.69. The number of aromatic nitrogens is 3. The predicted octanol–water partition coefficient (Wildman–Crippen LogP) is 5.23. The number of hydrogen-bond acceptors (Lipinski definition) is 4. The third-order valence-electron chi connectivity index (χ3n) is 5.85. The first-order chi connectivity index (χ1) is 14.8. The molecule has 1 fully saturated rings. The molecule has 0 radical (unpaired) electrons. The Balaban J connectivity index is 1.62. The lowest BCUT2D eigenvalue weighted by atomic mass is 10.0. The molecule has 0 aliphatic carbocycles. The molecule has 0 spiro atoms. The van der Waals surface area contributed by atoms with Crippen LogP contribution in [0.1, 0.15) is 18.4 Å². The number of nitrogens with zero attached hydrogens (tertiary/aromatic N) is 3. The minimum Gasteiger partial charge on any atom is -0.381 e. The number of ether oxygens (including phenoxy) is 1. The van der Waals surface area contributed by atoms with Gasteiger partial charge in [0, 0.05) is 37.2 Å². The van der Waals surface area contributed by atoms with E-state index in [4.69, 9.17) is 4.74 Å². The highest BCUT2D eigenvalue weighted by Gasteiger charge is 2.19. The Labute approximate surface area is 176 Å². The van der Waals surface area contributed by atoms with Crippen molar-refractivity contribution in [1.29, 1.82) is 0 Å². The molecular weight excluding hydrogens is 372 g/mol. The van der Waals surface area contributed by atoms with Gasteiger partial charge in [-0.25, -0.2) is 9.97 Å². The summed E-state index contributed by atoms with van der Waals surface area (Å²) in [6.07, 6.45) is 6.03. The first-order valence-electron chi connectivity index (χ1n) is 10.6. The van der Waals surface area contributed by atoms with Crippen molar-refractivity contribution < 1.29 is 4.74 Å². The lowest BCUT2D eigenvalue weighted by Gasteiger charge is -2.22. The predicted molar refractivity (Wildman–Crippen MR) is 121 cm³/mol. The monoisotopic (exact) mass is 398 g/mol. The molecule has 1 saturated heterocycles. The summed E-state index contributed by atoms with van der Waals surface area (Å²) >= 11 is 0. The van der Waals surface area contributed by atoms with Crippen LogP contribution in [0.15, 0.2) is 67.1 Å². The average Bonchev–Trinajstić information content (AvgIpc) is 3.19. The molecule has 5 heteroatoms. The van der Waals surface area contributed by atoms with Crippen molar-refractivity contribution in [3.05, 3.63) is 72.7 Å². The van der Waals surface area contributed by atoms with Crippen LogP contribution < -0.4 is 5.32 Å². The van der Waals surface area contributed by atoms with E-state index in [0.717, 1.165) is 66.3 Å². The molecule has 30 heavy (non-hydrogen) atoms. The maximum atomic E-state index is 5.50. The fourth-order valence-electron chi connectivity index (χ4n) is 4.20. The zero-order chi connectivity index (χ0) is 20.3. The maximum absolute atomic E-state index is 5.50. The Morgan fingerprint density at radius 1 is 1.03 bits per heavy atom. The van der Waals surface area contributed by atoms with Crippen LogP contribution in [-0.2, 0) is 4.74 Å². The minimum atomic E-state index is 0.614. The van der Waals surface area contributed by atoms with Gasteiger partial charge in [-0.05, 0) is 48.9 Å². The number of benzene rings is 2. The third-order valence-corrected chi connectivity index (χ3v) is 5.85. The van der Waals surface area contributed by atoms with Gasteiger partial charge in [-0.15, -0.1) is 0 Å². The quantitative estimate of drug-likeness (QED) is 0.500. The van der Waals surface area contributed by atoms with Gasteiger partial charge in [0.15, 0.2) is 5.65 Å². The molecule has 1 N–H and O–H groups in total. The first kappa shape index (κ1) is 18.8. The molecule has 0 bridgehead atoms. The number of hydrogen-bond donors (Lipinski definition) is 1. The van der Waals surface area contributed by atoms with Gasteiger partial charge < -0.3 is 14.6 Å². The van der Waals surface area contributed by atoms with E-state index >= 15 is 0 Å². The second-order valence-electron chi connectivity index (χ2n) is 7.98. The lowest BCUT2D eigenvalue weighted by Crippen LogP contribution is -2.23. The van der Waals surface area contributed by atoms with E-state index in [1.54, 1.807) is 6.33 Å². The van der Waals surface area contributed by atoms with E-state index in [2.05, 4.69) is 81.5 Å². The number of aryl methyl sites for hydroxylation is 1. The molecule has 2 aromatic heterocycles. The van der Waals surface area contributed by atoms with Crippen molar-refractivity contribution in [2.45, 2.75) is 19.8 Å². The van der Waals surface area contributed by atoms with Crippen LogP contribution in [0.4, 0.5) is 5.82 Å². The van der Waals surface area contributed by atoms with E-state index in [9.17, 15) is 0 Å². The topological polar surface area (TPSA) is 52.0 Å². The highest BCUT2D eigenvalue weighted by molar-refractivity contribution is 6.02. The molecule has 0 unspecified atom stereocenters. The van der Waals surface area contributed by atoms with E-state index in [-0.39, 0.29) is 0 Å². The smallest absolute Gasteiger partial charge is 0.150 e. The standard InChI is InChI=1S/C25H26N4O/c1-18-6-5-9-21(14-18)29-16-22(20-7-3-2-4-8-20)23-24(27-17-28-25(23)29)26-15-19-10-12-30-13-11-19/h2-9,14,16-17,19H,10-13,15H2,1H3,(H,26,27,28). The summed E-state index contributed by atoms with van der Waals surface area (Å²) in [6.45, 7) is 4.72. The molecule has 0 saturated carbocycles. The van der Waals surface area contributed by atoms with E-state index in [1.807, 2.05) is 6.07 Å². The van der Waals surface area contributed by atoms with Crippen molar-refractivity contribution in [2.24, 2.45) is 5.92 Å². The molecule has 1 aliphatic heterocycles. The summed E-state index contributed by atoms with van der Waals surface area (Å²) in [7, 11) is 0. The summed E-state index contributed by atoms with van der Waals surface area (Å²) in [5.41, 5.74) is 5.56. The Hall–Kier alpha value is -3.18. The normalized spacial score (nSPS) is 14.8. The van der Waals surface area contributed by atoms with Crippen molar-refractivity contribution >= 4 is 16.9 Å². The van der Waals surface area contributed by atoms with Crippen LogP contribution in [-0.4, -0.2) is 34.3 Å². The zero-order valence-electron chi connectivity index (χ0n) is 17.2. The second-order valence-corrected chi connectivity index (χ2v) is 7.98. The minimum absolute atomic E-state index is 0.614. The molecule has 0 atom stereocenters. The highest BCUT2D eigenvalue weighted by atomic mass is 16.5. The average molecular weight is 399 g/mol. The fraction of sp³-hybridized carbons (Fsp3) is 0.280. The summed E-state index contributed by atoms with van der Waals surface area (Å²) in [4.78, 5) is 9.32. The molecule has 2 aromatic carbocycles. The number of rotatable bonds is 5. The van der Waals surface area contributed by atoms with Gasteiger partial charge in [-0.1, -0.05) is 42.5 Å². The van der Waals surface area contributed by atoms with Gasteiger partial charge in [0.25, 0.3) is 0 Å². The lowest BCUT2D eigenvalue weighted by molar-refractivity contribution is 0.0699. The van der Waals surface area contributed by atoms with Crippen molar-refractivity contribution in [1.82, 2.24) is 14.5 Å². The second kappa shape index (κ2) is 8.28. The molecule has 152 valence electrons. The first-order valence-corrected chi connectivity index (χ1v) is 10.6. The molecule has 4 aromatic rings. The van der Waals surface area contributed by atoms with Crippen LogP contribution in [0.25, 0.3) is 27.8 Å². The Morgan fingerprint density at radius 3 is 2.67 bits per heavy atom. The maximum Gasteiger partial charge on any atom is 0.150 e. The highest BCUT2D eigenvalue weighted by Crippen LogP contribution is 2.35. The SMILES string of the molecule is Cc1cccc(-n2cc(-c3ccccc3)c3c(NCC4CCOCC4)ncnc32)c1. The molecule has 0 amide bonds. The van der Waals surface area contributed by atoms with E-state index in [0.29, 0.717) is 5.92 Å². The van der Waals surface area contributed by atoms with Crippen LogP contribution >= 0.6 is 0 Å². The van der Waals surface area contributed by atoms with Crippen LogP contribution in [0, 0.1) is 12.8 Å². The van der Waals surface area contributed by atoms with Gasteiger partial charge in [0.2, 0.25) is 0 Å². The Kier molecular flexibility index (Phi) is 5.20. The fourth-order valence-corrected chi connectivity index (χ4v) is 4.20. The van der Waals surface area contributed by atoms with Crippen LogP contribution in [0.2, 0.25) is 0 Å². The summed E-state index contributed by atoms with van der Waals surface area (Å²) < 4.78 is 7.68. The van der Waals surface area contributed by atoms with Crippen molar-refractivity contribution in [3.8, 4) is 16.8 Å². The largest absolute Gasteiger partial charge is 0.381 e. The number of nitrogens with one attached hydrogen (secondary N) is 1. The Bertz CT molecular complexity index is 1150. The van der Waals surface area contributed by atoms with Gasteiger partial charge >= 0.3 is 0 Å². The summed E-state index contributed by atoms with van der Waals surface area (Å²) in [6, 6.07) is 19.0. The summed E-state index contributed by atoms with van der Waals surface area (Å²) in [5.74, 6) is 1.51. The number of fused-ring (bicyclic) bond motifs is 1. The van der Waals surface area contributed by atoms with Gasteiger partial charge in [-0.3, -0.25) is 0 Å². The molecule has 1 aliphatic rings. The van der Waals surface area contributed by atoms with E-state index in [1.165, 1.54) is 5.56 Å². The van der Waals surface area contributed by atoms with E-state index < -0.39 is 0 Å². The van der Waals surface area contributed by atoms with Crippen molar-refractivity contribution in [2.75, 3.05) is 25.1 Å². The molecular formula is C25H26N4O. The number of anilines is 1. The molecule has 5 rings (SSSR count). The molecule has 5 nitrogen and oxygen atoms in total. The van der Waals surface area contributed by atoms with Crippen LogP contribution in [0.3, 0.4) is 0 Å². The molecule has 3 heterocycles. The van der Waals surface area contributed by atoms with Crippen LogP contribution in [0.5, 0.6) is 0 Å². The van der Waals surface area contributed by atoms with Crippen molar-refractivity contribution in [3.63, 3.8) is 0 Å². The van der Waals surface area contributed by atoms with Gasteiger partial charge in [0.05, 0.1) is 5.39 Å². The Morgan fingerprint density at radius 2 is 1.87 bits per heavy atom. The zero-order valence-corrected chi connectivity index (χ0v) is 17.2. The van der Waals surface area contributed by atoms with Gasteiger partial charge in [0.1, 0.15) is 12.1 Å².